The molecule has 0 aromatic carbocycles. The molecule has 0 heterocycles. The van der Waals surface area contributed by atoms with E-state index in [2.05, 4.69) is 10.6 Å². The summed E-state index contributed by atoms with van der Waals surface area (Å²) < 4.78 is 5.07. The third-order valence-corrected chi connectivity index (χ3v) is 6.28. The molecule has 3 amide bonds. The lowest BCUT2D eigenvalue weighted by molar-refractivity contribution is -0.136. The number of hydrogen-bond donors (Lipinski definition) is 3. The van der Waals surface area contributed by atoms with Gasteiger partial charge in [0.2, 0.25) is 11.8 Å². The summed E-state index contributed by atoms with van der Waals surface area (Å²) in [6.07, 6.45) is 0.0869. The van der Waals surface area contributed by atoms with Crippen molar-refractivity contribution in [2.24, 2.45) is 10.8 Å². The Hall–Kier alpha value is -1.61. The molecule has 0 rings (SSSR count). The molecule has 0 aliphatic carbocycles. The minimum Gasteiger partial charge on any atom is -0.443 e. The second-order valence-corrected chi connectivity index (χ2v) is 15.3. The van der Waals surface area contributed by atoms with Crippen LogP contribution in [0.2, 0.25) is 0 Å². The first-order valence-corrected chi connectivity index (χ1v) is 13.8. The van der Waals surface area contributed by atoms with Crippen molar-refractivity contribution in [2.45, 2.75) is 145 Å². The molecule has 0 fully saturated rings. The molecule has 8 nitrogen and oxygen atoms in total. The van der Waals surface area contributed by atoms with Gasteiger partial charge in [-0.1, -0.05) is 67.2 Å². The van der Waals surface area contributed by atoms with Crippen LogP contribution in [0.4, 0.5) is 4.79 Å². The molecule has 3 N–H and O–H groups in total. The minimum absolute atomic E-state index is 0.0228. The first kappa shape index (κ1) is 37.5. The van der Waals surface area contributed by atoms with Crippen LogP contribution < -0.4 is 10.6 Å². The SMILES string of the molecule is CC.CC(=O)SC(C)(C)CC(C)(C)OC(=O)NC(=O)C(C)(C)CC(C)(C)NC(=O)C(C)(C)CC(C)(C)O. The maximum atomic E-state index is 12.9. The predicted molar refractivity (Wildman–Crippen MR) is 152 cm³/mol. The zero-order valence-corrected chi connectivity index (χ0v) is 26.8. The molecule has 0 radical (unpaired) electrons. The Kier molecular flexibility index (Phi) is 13.6. The fourth-order valence-corrected chi connectivity index (χ4v) is 6.09. The lowest BCUT2D eigenvalue weighted by Crippen LogP contribution is -2.54. The average molecular weight is 547 g/mol. The van der Waals surface area contributed by atoms with E-state index in [9.17, 15) is 24.3 Å². The van der Waals surface area contributed by atoms with Crippen LogP contribution in [-0.2, 0) is 19.1 Å². The third kappa shape index (κ3) is 16.1. The Morgan fingerprint density at radius 2 is 1.16 bits per heavy atom. The van der Waals surface area contributed by atoms with E-state index in [1.807, 2.05) is 41.5 Å². The molecule has 37 heavy (non-hydrogen) atoms. The number of carbonyl (C=O) groups excluding carboxylic acids is 4. The molecule has 0 aliphatic rings. The van der Waals surface area contributed by atoms with Crippen LogP contribution in [-0.4, -0.2) is 49.6 Å². The second kappa shape index (κ2) is 13.5. The Balaban J connectivity index is 0. The molecule has 0 unspecified atom stereocenters. The lowest BCUT2D eigenvalue weighted by Gasteiger charge is -2.38. The number of nitrogens with one attached hydrogen (secondary N) is 2. The van der Waals surface area contributed by atoms with Crippen molar-refractivity contribution in [3.8, 4) is 0 Å². The van der Waals surface area contributed by atoms with E-state index in [1.165, 1.54) is 18.7 Å². The van der Waals surface area contributed by atoms with Gasteiger partial charge < -0.3 is 15.2 Å². The summed E-state index contributed by atoms with van der Waals surface area (Å²) in [4.78, 5) is 49.8. The van der Waals surface area contributed by atoms with Gasteiger partial charge in [0, 0.05) is 34.5 Å². The van der Waals surface area contributed by atoms with Crippen molar-refractivity contribution in [3.63, 3.8) is 0 Å². The summed E-state index contributed by atoms with van der Waals surface area (Å²) in [5, 5.41) is 15.4. The number of alkyl carbamates (subject to hydrolysis) is 1. The summed E-state index contributed by atoms with van der Waals surface area (Å²) in [6, 6.07) is 0. The van der Waals surface area contributed by atoms with Gasteiger partial charge in [-0.05, 0) is 54.4 Å². The molecule has 0 aliphatic heterocycles. The summed E-state index contributed by atoms with van der Waals surface area (Å²) >= 11 is 1.18. The third-order valence-electron chi connectivity index (χ3n) is 5.30. The van der Waals surface area contributed by atoms with Gasteiger partial charge in [0.15, 0.2) is 5.12 Å². The van der Waals surface area contributed by atoms with Crippen molar-refractivity contribution in [3.05, 3.63) is 0 Å². The summed E-state index contributed by atoms with van der Waals surface area (Å²) in [5.41, 5.74) is -4.47. The summed E-state index contributed by atoms with van der Waals surface area (Å²) in [6.45, 7) is 26.6. The molecule has 0 aromatic heterocycles. The molecule has 0 saturated carbocycles. The molecule has 0 aromatic rings. The number of imide groups is 1. The molecule has 0 saturated heterocycles. The van der Waals surface area contributed by atoms with Gasteiger partial charge in [-0.3, -0.25) is 19.7 Å². The molecule has 218 valence electrons. The van der Waals surface area contributed by atoms with E-state index in [-0.39, 0.29) is 23.9 Å². The average Bonchev–Trinajstić information content (AvgIpc) is 2.56. The van der Waals surface area contributed by atoms with Crippen LogP contribution in [0.3, 0.4) is 0 Å². The summed E-state index contributed by atoms with van der Waals surface area (Å²) in [5.74, 6) is -0.748. The molecule has 0 spiro atoms. The molecule has 0 atom stereocenters. The van der Waals surface area contributed by atoms with Crippen LogP contribution in [0.5, 0.6) is 0 Å². The summed E-state index contributed by atoms with van der Waals surface area (Å²) in [7, 11) is 0. The highest BCUT2D eigenvalue weighted by Gasteiger charge is 2.41. The molecular weight excluding hydrogens is 492 g/mol. The zero-order chi connectivity index (χ0) is 30.3. The van der Waals surface area contributed by atoms with Crippen molar-refractivity contribution >= 4 is 34.8 Å². The fraction of sp³-hybridized carbons (Fsp3) is 0.857. The molecule has 9 heteroatoms. The Labute approximate surface area is 229 Å². The molecule has 0 bridgehead atoms. The molecular formula is C28H54N2O6S. The van der Waals surface area contributed by atoms with E-state index in [0.717, 1.165) is 0 Å². The minimum atomic E-state index is -1.00. The first-order chi connectivity index (χ1) is 16.2. The van der Waals surface area contributed by atoms with E-state index in [0.29, 0.717) is 6.42 Å². The number of carbonyl (C=O) groups is 4. The number of ether oxygens (including phenoxy) is 1. The lowest BCUT2D eigenvalue weighted by atomic mass is 9.77. The number of amides is 3. The smallest absolute Gasteiger partial charge is 0.414 e. The van der Waals surface area contributed by atoms with Crippen LogP contribution in [0, 0.1) is 10.8 Å². The number of rotatable bonds is 11. The highest BCUT2D eigenvalue weighted by atomic mass is 32.2. The van der Waals surface area contributed by atoms with Gasteiger partial charge in [0.1, 0.15) is 5.60 Å². The van der Waals surface area contributed by atoms with Crippen molar-refractivity contribution < 1.29 is 29.0 Å². The highest BCUT2D eigenvalue weighted by Crippen LogP contribution is 2.35. The van der Waals surface area contributed by atoms with Crippen molar-refractivity contribution in [2.75, 3.05) is 0 Å². The second-order valence-electron chi connectivity index (χ2n) is 13.4. The highest BCUT2D eigenvalue weighted by molar-refractivity contribution is 8.14. The van der Waals surface area contributed by atoms with E-state index in [4.69, 9.17) is 4.74 Å². The van der Waals surface area contributed by atoms with Crippen LogP contribution in [0.15, 0.2) is 0 Å². The fourth-order valence-electron chi connectivity index (χ4n) is 4.89. The predicted octanol–water partition coefficient (Wildman–Crippen LogP) is 5.99. The van der Waals surface area contributed by atoms with Crippen molar-refractivity contribution in [1.82, 2.24) is 10.6 Å². The Morgan fingerprint density at radius 3 is 1.57 bits per heavy atom. The Morgan fingerprint density at radius 1 is 0.730 bits per heavy atom. The van der Waals surface area contributed by atoms with Crippen LogP contribution >= 0.6 is 11.8 Å². The van der Waals surface area contributed by atoms with Gasteiger partial charge in [-0.2, -0.15) is 0 Å². The van der Waals surface area contributed by atoms with Crippen LogP contribution in [0.25, 0.3) is 0 Å². The maximum Gasteiger partial charge on any atom is 0.414 e. The normalized spacial score (nSPS) is 13.2. The maximum absolute atomic E-state index is 12.9. The van der Waals surface area contributed by atoms with E-state index >= 15 is 0 Å². The zero-order valence-electron chi connectivity index (χ0n) is 26.0. The Bertz CT molecular complexity index is 808. The van der Waals surface area contributed by atoms with Crippen molar-refractivity contribution in [1.29, 1.82) is 0 Å². The van der Waals surface area contributed by atoms with Gasteiger partial charge in [-0.25, -0.2) is 4.79 Å². The largest absolute Gasteiger partial charge is 0.443 e. The number of aliphatic hydroxyl groups is 1. The number of hydrogen-bond acceptors (Lipinski definition) is 7. The van der Waals surface area contributed by atoms with Gasteiger partial charge in [0.05, 0.1) is 5.60 Å². The van der Waals surface area contributed by atoms with Crippen LogP contribution in [0.1, 0.15) is 123 Å². The van der Waals surface area contributed by atoms with E-state index < -0.39 is 44.3 Å². The van der Waals surface area contributed by atoms with E-state index in [1.54, 1.807) is 55.4 Å². The topological polar surface area (TPSA) is 122 Å². The standard InChI is InChI=1S/C26H48N2O6S.C2H6/c1-17(29)35-26(12,13)16-25(10,11)34-20(32)27-18(30)21(2,3)14-23(6,7)28-19(31)22(4,5)15-24(8,9)33;1-2/h33H,14-16H2,1-13H3,(H,28,31)(H,27,30,32);1-2H3. The quantitative estimate of drug-likeness (QED) is 0.291. The van der Waals surface area contributed by atoms with Gasteiger partial charge >= 0.3 is 6.09 Å². The first-order valence-electron chi connectivity index (χ1n) is 13.0. The monoisotopic (exact) mass is 546 g/mol. The van der Waals surface area contributed by atoms with Gasteiger partial charge in [-0.15, -0.1) is 0 Å². The number of thioether (sulfide) groups is 1. The van der Waals surface area contributed by atoms with Gasteiger partial charge in [0.25, 0.3) is 0 Å².